The molecule has 1 N–H and O–H groups in total. The summed E-state index contributed by atoms with van der Waals surface area (Å²) in [6.07, 6.45) is 1.20. The molecular formula is C24H25N3O3S. The van der Waals surface area contributed by atoms with Gasteiger partial charge in [0.25, 0.3) is 0 Å². The van der Waals surface area contributed by atoms with Crippen LogP contribution in [0.15, 0.2) is 60.0 Å². The minimum Gasteiger partial charge on any atom is -0.494 e. The number of carbonyl (C=O) groups excluding carboxylic acids is 2. The number of nitrogens with zero attached hydrogens (tertiary/aromatic N) is 2. The monoisotopic (exact) mass is 435 g/mol. The van der Waals surface area contributed by atoms with E-state index in [-0.39, 0.29) is 24.2 Å². The molecule has 0 aliphatic carbocycles. The Morgan fingerprint density at radius 1 is 1.19 bits per heavy atom. The molecule has 1 atom stereocenters. The maximum Gasteiger partial charge on any atom is 0.231 e. The molecule has 2 amide bonds. The molecule has 7 heteroatoms. The Labute approximate surface area is 185 Å². The average molecular weight is 436 g/mol. The number of hydrogen-bond acceptors (Lipinski definition) is 5. The van der Waals surface area contributed by atoms with E-state index in [0.717, 1.165) is 29.0 Å². The van der Waals surface area contributed by atoms with E-state index >= 15 is 0 Å². The lowest BCUT2D eigenvalue weighted by Gasteiger charge is -2.16. The Balaban J connectivity index is 1.34. The first-order valence-electron chi connectivity index (χ1n) is 10.4. The maximum absolute atomic E-state index is 12.7. The molecule has 160 valence electrons. The van der Waals surface area contributed by atoms with E-state index in [9.17, 15) is 9.59 Å². The van der Waals surface area contributed by atoms with E-state index in [1.54, 1.807) is 4.90 Å². The maximum atomic E-state index is 12.7. The molecule has 2 aromatic carbocycles. The third-order valence-corrected chi connectivity index (χ3v) is 5.92. The fraction of sp³-hybridized carbons (Fsp3) is 0.292. The van der Waals surface area contributed by atoms with Crippen molar-refractivity contribution < 1.29 is 14.3 Å². The number of rotatable bonds is 8. The molecule has 0 radical (unpaired) electrons. The fourth-order valence-electron chi connectivity index (χ4n) is 3.52. The van der Waals surface area contributed by atoms with Gasteiger partial charge in [-0.25, -0.2) is 4.98 Å². The van der Waals surface area contributed by atoms with E-state index in [1.807, 2.05) is 60.0 Å². The van der Waals surface area contributed by atoms with E-state index < -0.39 is 0 Å². The minimum atomic E-state index is -0.362. The van der Waals surface area contributed by atoms with E-state index in [2.05, 4.69) is 17.2 Å². The summed E-state index contributed by atoms with van der Waals surface area (Å²) in [6, 6.07) is 17.6. The second-order valence-corrected chi connectivity index (χ2v) is 8.42. The molecule has 4 rings (SSSR count). The number of anilines is 1. The third kappa shape index (κ3) is 5.30. The van der Waals surface area contributed by atoms with Gasteiger partial charge in [0.15, 0.2) is 5.13 Å². The number of likely N-dealkylation sites (tertiary alicyclic amines) is 1. The topological polar surface area (TPSA) is 71.5 Å². The number of carbonyl (C=O) groups is 2. The first kappa shape index (κ1) is 21.1. The van der Waals surface area contributed by atoms with Crippen molar-refractivity contribution in [3.8, 4) is 17.0 Å². The van der Waals surface area contributed by atoms with Crippen LogP contribution in [0.1, 0.15) is 25.3 Å². The van der Waals surface area contributed by atoms with Crippen LogP contribution in [0.4, 0.5) is 5.13 Å². The van der Waals surface area contributed by atoms with Gasteiger partial charge in [0, 0.05) is 30.5 Å². The van der Waals surface area contributed by atoms with Crippen LogP contribution in [0.2, 0.25) is 0 Å². The third-order valence-electron chi connectivity index (χ3n) is 5.16. The Morgan fingerprint density at radius 2 is 1.97 bits per heavy atom. The van der Waals surface area contributed by atoms with Gasteiger partial charge in [0.2, 0.25) is 11.8 Å². The molecule has 3 aromatic rings. The normalized spacial score (nSPS) is 15.8. The summed E-state index contributed by atoms with van der Waals surface area (Å²) in [7, 11) is 0. The number of thiazole rings is 1. The van der Waals surface area contributed by atoms with Crippen LogP contribution in [-0.2, 0) is 16.1 Å². The van der Waals surface area contributed by atoms with Crippen molar-refractivity contribution in [3.05, 3.63) is 65.5 Å². The molecule has 0 spiro atoms. The first-order valence-corrected chi connectivity index (χ1v) is 11.3. The average Bonchev–Trinajstić information content (AvgIpc) is 3.40. The van der Waals surface area contributed by atoms with E-state index in [0.29, 0.717) is 24.8 Å². The number of hydrogen-bond donors (Lipinski definition) is 1. The van der Waals surface area contributed by atoms with Crippen LogP contribution in [0.5, 0.6) is 5.75 Å². The lowest BCUT2D eigenvalue weighted by molar-refractivity contribution is -0.128. The molecule has 0 saturated carbocycles. The number of benzene rings is 2. The molecule has 2 heterocycles. The Hall–Kier alpha value is -3.19. The molecule has 0 bridgehead atoms. The minimum absolute atomic E-state index is 0.00853. The molecular weight excluding hydrogens is 410 g/mol. The van der Waals surface area contributed by atoms with Crippen molar-refractivity contribution in [2.45, 2.75) is 26.3 Å². The highest BCUT2D eigenvalue weighted by molar-refractivity contribution is 7.14. The van der Waals surface area contributed by atoms with Gasteiger partial charge in [-0.15, -0.1) is 11.3 Å². The number of ether oxygens (including phenoxy) is 1. The Morgan fingerprint density at radius 3 is 2.71 bits per heavy atom. The van der Waals surface area contributed by atoms with Gasteiger partial charge in [0.1, 0.15) is 5.75 Å². The van der Waals surface area contributed by atoms with Crippen molar-refractivity contribution in [2.24, 2.45) is 5.92 Å². The Kier molecular flexibility index (Phi) is 6.62. The molecule has 31 heavy (non-hydrogen) atoms. The van der Waals surface area contributed by atoms with Crippen LogP contribution in [0.25, 0.3) is 11.3 Å². The highest BCUT2D eigenvalue weighted by Crippen LogP contribution is 2.28. The molecule has 1 aliphatic rings. The van der Waals surface area contributed by atoms with Gasteiger partial charge in [-0.2, -0.15) is 0 Å². The lowest BCUT2D eigenvalue weighted by atomic mass is 10.1. The summed E-state index contributed by atoms with van der Waals surface area (Å²) in [4.78, 5) is 31.3. The zero-order valence-electron chi connectivity index (χ0n) is 17.4. The van der Waals surface area contributed by atoms with Crippen molar-refractivity contribution in [1.82, 2.24) is 9.88 Å². The zero-order chi connectivity index (χ0) is 21.6. The highest BCUT2D eigenvalue weighted by Gasteiger charge is 2.34. The summed E-state index contributed by atoms with van der Waals surface area (Å²) in [5.74, 6) is 0.321. The van der Waals surface area contributed by atoms with Gasteiger partial charge in [-0.1, -0.05) is 37.3 Å². The number of amides is 2. The molecule has 1 saturated heterocycles. The first-order chi connectivity index (χ1) is 15.1. The summed E-state index contributed by atoms with van der Waals surface area (Å²) >= 11 is 1.38. The Bertz CT molecular complexity index is 1030. The molecule has 1 fully saturated rings. The van der Waals surface area contributed by atoms with Crippen molar-refractivity contribution >= 4 is 28.3 Å². The molecule has 1 aliphatic heterocycles. The van der Waals surface area contributed by atoms with E-state index in [4.69, 9.17) is 4.74 Å². The van der Waals surface area contributed by atoms with Crippen molar-refractivity contribution in [1.29, 1.82) is 0 Å². The van der Waals surface area contributed by atoms with Crippen LogP contribution in [0.3, 0.4) is 0 Å². The largest absolute Gasteiger partial charge is 0.494 e. The van der Waals surface area contributed by atoms with Crippen molar-refractivity contribution in [3.63, 3.8) is 0 Å². The summed E-state index contributed by atoms with van der Waals surface area (Å²) < 4.78 is 5.61. The van der Waals surface area contributed by atoms with Gasteiger partial charge in [-0.05, 0) is 36.2 Å². The smallest absolute Gasteiger partial charge is 0.231 e. The summed E-state index contributed by atoms with van der Waals surface area (Å²) in [6.45, 7) is 3.72. The fourth-order valence-corrected chi connectivity index (χ4v) is 4.24. The highest BCUT2D eigenvalue weighted by atomic mass is 32.1. The second-order valence-electron chi connectivity index (χ2n) is 7.56. The van der Waals surface area contributed by atoms with Gasteiger partial charge in [0.05, 0.1) is 18.2 Å². The predicted molar refractivity (Wildman–Crippen MR) is 122 cm³/mol. The molecule has 1 unspecified atom stereocenters. The standard InChI is InChI=1S/C24H25N3O3S/c1-2-12-30-20-10-8-18(9-11-20)21-16-31-24(25-21)26-23(29)19-13-22(28)27(15-19)14-17-6-4-3-5-7-17/h3-11,16,19H,2,12-15H2,1H3,(H,25,26,29). The van der Waals surface area contributed by atoms with Crippen LogP contribution < -0.4 is 10.1 Å². The second kappa shape index (κ2) is 9.75. The summed E-state index contributed by atoms with van der Waals surface area (Å²) in [5.41, 5.74) is 2.83. The van der Waals surface area contributed by atoms with Crippen LogP contribution >= 0.6 is 11.3 Å². The predicted octanol–water partition coefficient (Wildman–Crippen LogP) is 4.59. The number of nitrogens with one attached hydrogen (secondary N) is 1. The van der Waals surface area contributed by atoms with Gasteiger partial charge < -0.3 is 15.0 Å². The lowest BCUT2D eigenvalue weighted by Crippen LogP contribution is -2.28. The summed E-state index contributed by atoms with van der Waals surface area (Å²) in [5, 5.41) is 5.34. The zero-order valence-corrected chi connectivity index (χ0v) is 18.2. The molecule has 1 aromatic heterocycles. The van der Waals surface area contributed by atoms with Gasteiger partial charge >= 0.3 is 0 Å². The van der Waals surface area contributed by atoms with E-state index in [1.165, 1.54) is 11.3 Å². The number of aromatic nitrogens is 1. The SMILES string of the molecule is CCCOc1ccc(-c2csc(NC(=O)C3CC(=O)N(Cc4ccccc4)C3)n2)cc1. The quantitative estimate of drug-likeness (QED) is 0.562. The van der Waals surface area contributed by atoms with Gasteiger partial charge in [-0.3, -0.25) is 9.59 Å². The van der Waals surface area contributed by atoms with Crippen LogP contribution in [0, 0.1) is 5.92 Å². The van der Waals surface area contributed by atoms with Crippen LogP contribution in [-0.4, -0.2) is 34.8 Å². The molecule has 6 nitrogen and oxygen atoms in total. The van der Waals surface area contributed by atoms with Crippen molar-refractivity contribution in [2.75, 3.05) is 18.5 Å².